The number of aryl methyl sites for hydroxylation is 1. The normalized spacial score (nSPS) is 11.8. The van der Waals surface area contributed by atoms with Gasteiger partial charge in [0.2, 0.25) is 11.0 Å². The Bertz CT molecular complexity index is 1550. The van der Waals surface area contributed by atoms with Gasteiger partial charge < -0.3 is 14.1 Å². The van der Waals surface area contributed by atoms with Crippen LogP contribution in [0.5, 0.6) is 5.88 Å². The van der Waals surface area contributed by atoms with Gasteiger partial charge in [-0.05, 0) is 36.8 Å². The third-order valence-corrected chi connectivity index (χ3v) is 6.28. The Morgan fingerprint density at radius 1 is 1.19 bits per heavy atom. The minimum atomic E-state index is -0.456. The van der Waals surface area contributed by atoms with Gasteiger partial charge in [0.05, 0.1) is 16.8 Å². The van der Waals surface area contributed by atoms with Crippen molar-refractivity contribution in [2.75, 3.05) is 0 Å². The summed E-state index contributed by atoms with van der Waals surface area (Å²) in [6, 6.07) is 14.9. The van der Waals surface area contributed by atoms with Crippen LogP contribution in [0.4, 0.5) is 10.8 Å². The highest BCUT2D eigenvalue weighted by Crippen LogP contribution is 2.41. The van der Waals surface area contributed by atoms with Crippen molar-refractivity contribution in [1.29, 1.82) is 0 Å². The summed E-state index contributed by atoms with van der Waals surface area (Å²) in [5, 5.41) is 23.0. The number of benzene rings is 2. The van der Waals surface area contributed by atoms with Gasteiger partial charge in [-0.1, -0.05) is 41.1 Å². The topological polar surface area (TPSA) is 93.0 Å². The first-order chi connectivity index (χ1) is 15.5. The van der Waals surface area contributed by atoms with Gasteiger partial charge >= 0.3 is 5.63 Å². The van der Waals surface area contributed by atoms with Crippen molar-refractivity contribution < 1.29 is 9.52 Å². The highest BCUT2D eigenvalue weighted by atomic mass is 79.9. The molecular formula is C23H17BrN4O3S. The molecule has 0 fully saturated rings. The molecule has 0 radical (unpaired) electrons. The molecule has 7 nitrogen and oxygen atoms in total. The molecule has 5 aromatic rings. The average Bonchev–Trinajstić information content (AvgIpc) is 3.35. The first kappa shape index (κ1) is 20.6. The number of hydrogen-bond acceptors (Lipinski definition) is 7. The first-order valence-electron chi connectivity index (χ1n) is 9.96. The summed E-state index contributed by atoms with van der Waals surface area (Å²) < 4.78 is 8.11. The van der Waals surface area contributed by atoms with Crippen molar-refractivity contribution in [3.63, 3.8) is 0 Å². The summed E-state index contributed by atoms with van der Waals surface area (Å²) in [5.41, 5.74) is 2.19. The van der Waals surface area contributed by atoms with Crippen LogP contribution in [0.2, 0.25) is 0 Å². The Labute approximate surface area is 194 Å². The molecule has 32 heavy (non-hydrogen) atoms. The van der Waals surface area contributed by atoms with Gasteiger partial charge in [0.25, 0.3) is 0 Å². The number of rotatable bonds is 5. The Hall–Kier alpha value is -3.30. The number of hydrogen-bond donors (Lipinski definition) is 1. The summed E-state index contributed by atoms with van der Waals surface area (Å²) in [4.78, 5) is 16.8. The zero-order valence-corrected chi connectivity index (χ0v) is 19.4. The maximum absolute atomic E-state index is 12.4. The van der Waals surface area contributed by atoms with E-state index in [1.54, 1.807) is 17.5 Å². The van der Waals surface area contributed by atoms with Crippen LogP contribution < -0.4 is 5.63 Å². The Balaban J connectivity index is 1.53. The van der Waals surface area contributed by atoms with Gasteiger partial charge in [0.15, 0.2) is 5.69 Å². The molecule has 0 aliphatic rings. The molecule has 1 N–H and O–H groups in total. The second kappa shape index (κ2) is 8.33. The van der Waals surface area contributed by atoms with Gasteiger partial charge in [-0.25, -0.2) is 9.78 Å². The van der Waals surface area contributed by atoms with E-state index in [-0.39, 0.29) is 5.88 Å². The minimum Gasteiger partial charge on any atom is -0.493 e. The van der Waals surface area contributed by atoms with E-state index in [2.05, 4.69) is 31.1 Å². The Morgan fingerprint density at radius 2 is 2.03 bits per heavy atom. The number of aromatic nitrogens is 2. The molecule has 0 unspecified atom stereocenters. The van der Waals surface area contributed by atoms with E-state index < -0.39 is 5.63 Å². The van der Waals surface area contributed by atoms with Crippen LogP contribution in [-0.4, -0.2) is 14.7 Å². The van der Waals surface area contributed by atoms with Crippen molar-refractivity contribution in [3.05, 3.63) is 68.8 Å². The lowest BCUT2D eigenvalue weighted by Gasteiger charge is -2.03. The molecule has 0 aliphatic heterocycles. The van der Waals surface area contributed by atoms with E-state index in [4.69, 9.17) is 4.42 Å². The van der Waals surface area contributed by atoms with E-state index >= 15 is 0 Å². The predicted octanol–water partition coefficient (Wildman–Crippen LogP) is 7.16. The fourth-order valence-electron chi connectivity index (χ4n) is 3.61. The summed E-state index contributed by atoms with van der Waals surface area (Å²) in [6.07, 6.45) is 0.869. The zero-order chi connectivity index (χ0) is 22.2. The largest absolute Gasteiger partial charge is 0.493 e. The molecule has 0 atom stereocenters. The number of thiazole rings is 1. The lowest BCUT2D eigenvalue weighted by Crippen LogP contribution is -2.02. The molecule has 0 bridgehead atoms. The molecule has 2 aromatic carbocycles. The molecule has 9 heteroatoms. The standard InChI is InChI=1S/C23H17BrN4O3S/c1-2-9-28-18-8-7-14(24)11-16(18)20(21(28)29)26-27-23-25-17(12-32-23)15-10-13-5-3-4-6-19(13)31-22(15)30/h3-8,10-12,29H,2,9H2,1H3. The monoisotopic (exact) mass is 508 g/mol. The van der Waals surface area contributed by atoms with Crippen LogP contribution in [0.25, 0.3) is 33.1 Å². The Morgan fingerprint density at radius 3 is 2.88 bits per heavy atom. The minimum absolute atomic E-state index is 0.0654. The van der Waals surface area contributed by atoms with Crippen molar-refractivity contribution in [1.82, 2.24) is 9.55 Å². The molecular weight excluding hydrogens is 492 g/mol. The number of aromatic hydroxyl groups is 1. The number of azo groups is 1. The number of fused-ring (bicyclic) bond motifs is 2. The van der Waals surface area contributed by atoms with Crippen LogP contribution in [0.3, 0.4) is 0 Å². The van der Waals surface area contributed by atoms with Crippen LogP contribution in [0.1, 0.15) is 13.3 Å². The van der Waals surface area contributed by atoms with Crippen molar-refractivity contribution >= 4 is 60.0 Å². The SMILES string of the molecule is CCCn1c(O)c(N=Nc2nc(-c3cc4ccccc4oc3=O)cs2)c2cc(Br)ccc21. The van der Waals surface area contributed by atoms with Crippen LogP contribution in [-0.2, 0) is 6.54 Å². The van der Waals surface area contributed by atoms with Gasteiger partial charge in [-0.3, -0.25) is 0 Å². The Kier molecular flexibility index (Phi) is 5.36. The van der Waals surface area contributed by atoms with Crippen LogP contribution >= 0.6 is 27.3 Å². The fraction of sp³-hybridized carbons (Fsp3) is 0.130. The van der Waals surface area contributed by atoms with E-state index in [1.807, 2.05) is 47.9 Å². The van der Waals surface area contributed by atoms with Crippen molar-refractivity contribution in [3.8, 4) is 17.1 Å². The molecule has 3 heterocycles. The number of halogens is 1. The number of para-hydroxylation sites is 1. The van der Waals surface area contributed by atoms with Crippen LogP contribution in [0, 0.1) is 0 Å². The quantitative estimate of drug-likeness (QED) is 0.201. The highest BCUT2D eigenvalue weighted by Gasteiger charge is 2.17. The van der Waals surface area contributed by atoms with Gasteiger partial charge in [0, 0.05) is 27.2 Å². The first-order valence-corrected chi connectivity index (χ1v) is 11.6. The lowest BCUT2D eigenvalue weighted by atomic mass is 10.1. The van der Waals surface area contributed by atoms with E-state index in [9.17, 15) is 9.90 Å². The van der Waals surface area contributed by atoms with Gasteiger partial charge in [-0.2, -0.15) is 0 Å². The van der Waals surface area contributed by atoms with E-state index in [0.717, 1.165) is 27.2 Å². The summed E-state index contributed by atoms with van der Waals surface area (Å²) in [6.45, 7) is 2.71. The lowest BCUT2D eigenvalue weighted by molar-refractivity contribution is 0.421. The summed E-state index contributed by atoms with van der Waals surface area (Å²) in [7, 11) is 0. The van der Waals surface area contributed by atoms with Crippen LogP contribution in [0.15, 0.2) is 77.8 Å². The second-order valence-corrected chi connectivity index (χ2v) is 8.94. The van der Waals surface area contributed by atoms with Crippen molar-refractivity contribution in [2.24, 2.45) is 10.2 Å². The third-order valence-electron chi connectivity index (χ3n) is 5.06. The molecule has 0 saturated heterocycles. The molecule has 0 spiro atoms. The smallest absolute Gasteiger partial charge is 0.345 e. The molecule has 3 aromatic heterocycles. The van der Waals surface area contributed by atoms with Gasteiger partial charge in [0.1, 0.15) is 5.58 Å². The van der Waals surface area contributed by atoms with Crippen molar-refractivity contribution in [2.45, 2.75) is 19.9 Å². The third kappa shape index (κ3) is 3.63. The zero-order valence-electron chi connectivity index (χ0n) is 16.9. The van der Waals surface area contributed by atoms with Gasteiger partial charge in [-0.15, -0.1) is 21.6 Å². The number of nitrogens with zero attached hydrogens (tertiary/aromatic N) is 4. The molecule has 160 valence electrons. The fourth-order valence-corrected chi connectivity index (χ4v) is 4.61. The molecule has 0 aliphatic carbocycles. The van der Waals surface area contributed by atoms with E-state index in [1.165, 1.54) is 11.3 Å². The summed E-state index contributed by atoms with van der Waals surface area (Å²) in [5.74, 6) is 0.0654. The molecule has 0 amide bonds. The highest BCUT2D eigenvalue weighted by molar-refractivity contribution is 9.10. The second-order valence-electron chi connectivity index (χ2n) is 7.19. The molecule has 5 rings (SSSR count). The maximum Gasteiger partial charge on any atom is 0.345 e. The maximum atomic E-state index is 12.4. The van der Waals surface area contributed by atoms with E-state index in [0.29, 0.717) is 34.2 Å². The molecule has 0 saturated carbocycles. The summed E-state index contributed by atoms with van der Waals surface area (Å²) >= 11 is 4.74. The average molecular weight is 509 g/mol. The predicted molar refractivity (Wildman–Crippen MR) is 129 cm³/mol.